The fourth-order valence-electron chi connectivity index (χ4n) is 1.88. The van der Waals surface area contributed by atoms with Gasteiger partial charge >= 0.3 is 0 Å². The van der Waals surface area contributed by atoms with E-state index < -0.39 is 0 Å². The van der Waals surface area contributed by atoms with Crippen molar-refractivity contribution in [3.05, 3.63) is 53.9 Å². The minimum absolute atomic E-state index is 0.745. The molecular weight excluding hydrogens is 268 g/mol. The average molecular weight is 288 g/mol. The highest BCUT2D eigenvalue weighted by Crippen LogP contribution is 2.30. The molecule has 1 N–H and O–H groups in total. The van der Waals surface area contributed by atoms with Gasteiger partial charge in [-0.2, -0.15) is 0 Å². The Morgan fingerprint density at radius 3 is 2.70 bits per heavy atom. The second kappa shape index (κ2) is 8.04. The minimum Gasteiger partial charge on any atom is -0.383 e. The van der Waals surface area contributed by atoms with Crippen molar-refractivity contribution in [1.82, 2.24) is 10.3 Å². The molecule has 1 aromatic heterocycles. The second-order valence-corrected chi connectivity index (χ2v) is 5.67. The summed E-state index contributed by atoms with van der Waals surface area (Å²) in [6.45, 7) is 4.66. The molecule has 0 saturated heterocycles. The summed E-state index contributed by atoms with van der Waals surface area (Å²) >= 11 is 1.77. The summed E-state index contributed by atoms with van der Waals surface area (Å²) in [5.74, 6) is 0. The van der Waals surface area contributed by atoms with Gasteiger partial charge in [0.1, 0.15) is 0 Å². The van der Waals surface area contributed by atoms with Gasteiger partial charge < -0.3 is 10.1 Å². The largest absolute Gasteiger partial charge is 0.383 e. The van der Waals surface area contributed by atoms with Crippen LogP contribution in [0.1, 0.15) is 11.1 Å². The summed E-state index contributed by atoms with van der Waals surface area (Å²) in [6.07, 6.45) is 3.65. The van der Waals surface area contributed by atoms with Crippen LogP contribution >= 0.6 is 11.8 Å². The first kappa shape index (κ1) is 15.0. The van der Waals surface area contributed by atoms with Crippen molar-refractivity contribution >= 4 is 11.8 Å². The molecule has 0 unspecified atom stereocenters. The quantitative estimate of drug-likeness (QED) is 0.793. The van der Waals surface area contributed by atoms with E-state index in [4.69, 9.17) is 4.74 Å². The summed E-state index contributed by atoms with van der Waals surface area (Å²) < 4.78 is 5.02. The van der Waals surface area contributed by atoms with Crippen LogP contribution in [0.5, 0.6) is 0 Å². The van der Waals surface area contributed by atoms with Crippen molar-refractivity contribution < 1.29 is 4.74 Å². The van der Waals surface area contributed by atoms with Crippen molar-refractivity contribution in [3.63, 3.8) is 0 Å². The fourth-order valence-corrected chi connectivity index (χ4v) is 2.74. The fraction of sp³-hybridized carbons (Fsp3) is 0.312. The Hall–Kier alpha value is -1.36. The normalized spacial score (nSPS) is 10.7. The second-order valence-electron chi connectivity index (χ2n) is 4.55. The summed E-state index contributed by atoms with van der Waals surface area (Å²) in [4.78, 5) is 6.55. The van der Waals surface area contributed by atoms with Crippen LogP contribution in [0, 0.1) is 6.92 Å². The van der Waals surface area contributed by atoms with E-state index in [-0.39, 0.29) is 0 Å². The molecule has 3 nitrogen and oxygen atoms in total. The molecule has 0 radical (unpaired) electrons. The molecule has 20 heavy (non-hydrogen) atoms. The van der Waals surface area contributed by atoms with Crippen molar-refractivity contribution in [2.24, 2.45) is 0 Å². The molecule has 0 spiro atoms. The molecule has 0 aliphatic carbocycles. The molecule has 1 aromatic carbocycles. The smallest absolute Gasteiger partial charge is 0.0587 e. The van der Waals surface area contributed by atoms with E-state index in [9.17, 15) is 0 Å². The number of aromatic nitrogens is 1. The summed E-state index contributed by atoms with van der Waals surface area (Å²) in [7, 11) is 1.72. The topological polar surface area (TPSA) is 34.1 Å². The maximum atomic E-state index is 5.02. The molecule has 0 atom stereocenters. The molecular formula is C16H20N2OS. The Morgan fingerprint density at radius 2 is 2.00 bits per heavy atom. The van der Waals surface area contributed by atoms with Crippen LogP contribution in [0.2, 0.25) is 0 Å². The van der Waals surface area contributed by atoms with E-state index >= 15 is 0 Å². The molecule has 4 heteroatoms. The zero-order valence-corrected chi connectivity index (χ0v) is 12.7. The molecule has 0 aliphatic heterocycles. The van der Waals surface area contributed by atoms with Crippen molar-refractivity contribution in [3.8, 4) is 0 Å². The Labute approximate surface area is 124 Å². The number of rotatable bonds is 7. The van der Waals surface area contributed by atoms with E-state index in [1.165, 1.54) is 20.9 Å². The average Bonchev–Trinajstić information content (AvgIpc) is 2.47. The first-order chi connectivity index (χ1) is 9.79. The number of nitrogens with zero attached hydrogens (tertiary/aromatic N) is 1. The maximum Gasteiger partial charge on any atom is 0.0587 e. The Kier molecular flexibility index (Phi) is 6.05. The predicted octanol–water partition coefficient (Wildman–Crippen LogP) is 3.28. The number of methoxy groups -OCH3 is 1. The van der Waals surface area contributed by atoms with Gasteiger partial charge in [-0.3, -0.25) is 4.98 Å². The van der Waals surface area contributed by atoms with Gasteiger partial charge in [0, 0.05) is 42.4 Å². The lowest BCUT2D eigenvalue weighted by molar-refractivity contribution is 0.199. The molecule has 106 valence electrons. The number of aryl methyl sites for hydroxylation is 1. The van der Waals surface area contributed by atoms with Crippen LogP contribution in [0.4, 0.5) is 0 Å². The van der Waals surface area contributed by atoms with Gasteiger partial charge in [-0.25, -0.2) is 0 Å². The SMILES string of the molecule is COCCNCc1ccc(Sc2ccncc2)c(C)c1. The maximum absolute atomic E-state index is 5.02. The van der Waals surface area contributed by atoms with Gasteiger partial charge in [0.25, 0.3) is 0 Å². The van der Waals surface area contributed by atoms with E-state index in [1.54, 1.807) is 18.9 Å². The lowest BCUT2D eigenvalue weighted by Gasteiger charge is -2.09. The molecule has 2 rings (SSSR count). The lowest BCUT2D eigenvalue weighted by Crippen LogP contribution is -2.18. The van der Waals surface area contributed by atoms with Crippen LogP contribution in [0.25, 0.3) is 0 Å². The van der Waals surface area contributed by atoms with Crippen molar-refractivity contribution in [2.75, 3.05) is 20.3 Å². The predicted molar refractivity (Wildman–Crippen MR) is 83.1 cm³/mol. The first-order valence-corrected chi connectivity index (χ1v) is 7.48. The first-order valence-electron chi connectivity index (χ1n) is 6.66. The molecule has 0 fully saturated rings. The van der Waals surface area contributed by atoms with E-state index in [1.807, 2.05) is 24.5 Å². The van der Waals surface area contributed by atoms with Crippen molar-refractivity contribution in [2.45, 2.75) is 23.3 Å². The van der Waals surface area contributed by atoms with Gasteiger partial charge in [-0.1, -0.05) is 23.9 Å². The van der Waals surface area contributed by atoms with Gasteiger partial charge in [0.15, 0.2) is 0 Å². The molecule has 2 aromatic rings. The molecule has 0 aliphatic rings. The molecule has 0 saturated carbocycles. The summed E-state index contributed by atoms with van der Waals surface area (Å²) in [5.41, 5.74) is 2.61. The highest BCUT2D eigenvalue weighted by Gasteiger charge is 2.02. The zero-order valence-electron chi connectivity index (χ0n) is 11.9. The van der Waals surface area contributed by atoms with E-state index in [0.717, 1.165) is 19.7 Å². The van der Waals surface area contributed by atoms with Gasteiger partial charge in [-0.15, -0.1) is 0 Å². The highest BCUT2D eigenvalue weighted by atomic mass is 32.2. The molecule has 0 amide bonds. The minimum atomic E-state index is 0.745. The number of hydrogen-bond acceptors (Lipinski definition) is 4. The molecule has 1 heterocycles. The third kappa shape index (κ3) is 4.63. The lowest BCUT2D eigenvalue weighted by atomic mass is 10.1. The van der Waals surface area contributed by atoms with Gasteiger partial charge in [0.05, 0.1) is 6.61 Å². The van der Waals surface area contributed by atoms with E-state index in [0.29, 0.717) is 0 Å². The Balaban J connectivity index is 1.95. The number of ether oxygens (including phenoxy) is 1. The number of benzene rings is 1. The van der Waals surface area contributed by atoms with Crippen molar-refractivity contribution in [1.29, 1.82) is 0 Å². The van der Waals surface area contributed by atoms with Crippen LogP contribution in [-0.4, -0.2) is 25.2 Å². The molecule has 0 bridgehead atoms. The van der Waals surface area contributed by atoms with Crippen LogP contribution in [0.15, 0.2) is 52.5 Å². The zero-order chi connectivity index (χ0) is 14.2. The third-order valence-electron chi connectivity index (χ3n) is 2.93. The third-order valence-corrected chi connectivity index (χ3v) is 4.11. The number of pyridine rings is 1. The number of nitrogens with one attached hydrogen (secondary N) is 1. The van der Waals surface area contributed by atoms with Gasteiger partial charge in [-0.05, 0) is 36.2 Å². The number of hydrogen-bond donors (Lipinski definition) is 1. The van der Waals surface area contributed by atoms with Crippen LogP contribution in [0.3, 0.4) is 0 Å². The Morgan fingerprint density at radius 1 is 1.20 bits per heavy atom. The standard InChI is InChI=1S/C16H20N2OS/c1-13-11-14(12-18-9-10-19-2)3-4-16(13)20-15-5-7-17-8-6-15/h3-8,11,18H,9-10,12H2,1-2H3. The highest BCUT2D eigenvalue weighted by molar-refractivity contribution is 7.99. The van der Waals surface area contributed by atoms with Gasteiger partial charge in [0.2, 0.25) is 0 Å². The summed E-state index contributed by atoms with van der Waals surface area (Å²) in [6, 6.07) is 10.7. The van der Waals surface area contributed by atoms with E-state index in [2.05, 4.69) is 35.4 Å². The Bertz CT molecular complexity index is 531. The van der Waals surface area contributed by atoms with Crippen LogP contribution in [-0.2, 0) is 11.3 Å². The van der Waals surface area contributed by atoms with Crippen LogP contribution < -0.4 is 5.32 Å². The summed E-state index contributed by atoms with van der Waals surface area (Å²) in [5, 5.41) is 3.36. The monoisotopic (exact) mass is 288 g/mol.